The summed E-state index contributed by atoms with van der Waals surface area (Å²) >= 11 is 4.93. The van der Waals surface area contributed by atoms with Gasteiger partial charge in [0.2, 0.25) is 0 Å². The number of aromatic hydroxyl groups is 1. The van der Waals surface area contributed by atoms with Crippen molar-refractivity contribution in [3.63, 3.8) is 0 Å². The van der Waals surface area contributed by atoms with Crippen molar-refractivity contribution in [1.82, 2.24) is 5.32 Å². The summed E-state index contributed by atoms with van der Waals surface area (Å²) in [5, 5.41) is 12.6. The molecule has 1 unspecified atom stereocenters. The van der Waals surface area contributed by atoms with Crippen LogP contribution in [0.5, 0.6) is 5.75 Å². The Balaban J connectivity index is 2.75. The van der Waals surface area contributed by atoms with E-state index in [1.54, 1.807) is 23.9 Å². The lowest BCUT2D eigenvalue weighted by Gasteiger charge is -2.16. The summed E-state index contributed by atoms with van der Waals surface area (Å²) in [5.41, 5.74) is 0.313. The summed E-state index contributed by atoms with van der Waals surface area (Å²) in [4.78, 5) is 11.9. The summed E-state index contributed by atoms with van der Waals surface area (Å²) < 4.78 is 0.753. The number of halogens is 1. The predicted octanol–water partition coefficient (Wildman–Crippen LogP) is 3.03. The number of nitrogens with one attached hydrogen (secondary N) is 1. The van der Waals surface area contributed by atoms with Gasteiger partial charge in [-0.1, -0.05) is 22.9 Å². The standard InChI is InChI=1S/C12H16BrNO2S/c1-3-9(7-17-2)14-12(16)10-5-4-8(13)6-11(10)15/h4-6,9,15H,3,7H2,1-2H3,(H,14,16). The second-order valence-corrected chi connectivity index (χ2v) is 5.52. The SMILES string of the molecule is CCC(CSC)NC(=O)c1ccc(Br)cc1O. The summed E-state index contributed by atoms with van der Waals surface area (Å²) in [7, 11) is 0. The van der Waals surface area contributed by atoms with Gasteiger partial charge in [0.05, 0.1) is 5.56 Å². The average molecular weight is 318 g/mol. The number of phenolic OH excluding ortho intramolecular Hbond substituents is 1. The maximum atomic E-state index is 11.9. The molecule has 0 aliphatic carbocycles. The molecule has 94 valence electrons. The van der Waals surface area contributed by atoms with E-state index >= 15 is 0 Å². The molecule has 0 saturated heterocycles. The first-order valence-electron chi connectivity index (χ1n) is 5.36. The molecule has 0 aliphatic rings. The van der Waals surface area contributed by atoms with E-state index < -0.39 is 0 Å². The molecule has 5 heteroatoms. The first-order valence-corrected chi connectivity index (χ1v) is 7.55. The largest absolute Gasteiger partial charge is 0.507 e. The minimum absolute atomic E-state index is 0.00382. The lowest BCUT2D eigenvalue weighted by atomic mass is 10.1. The summed E-state index contributed by atoms with van der Waals surface area (Å²) in [6.45, 7) is 2.03. The van der Waals surface area contributed by atoms with E-state index in [1.165, 1.54) is 6.07 Å². The van der Waals surface area contributed by atoms with Crippen LogP contribution in [-0.2, 0) is 0 Å². The topological polar surface area (TPSA) is 49.3 Å². The van der Waals surface area contributed by atoms with Gasteiger partial charge in [0.15, 0.2) is 0 Å². The Morgan fingerprint density at radius 3 is 2.82 bits per heavy atom. The van der Waals surface area contributed by atoms with E-state index in [0.29, 0.717) is 5.56 Å². The fourth-order valence-corrected chi connectivity index (χ4v) is 2.49. The normalized spacial score (nSPS) is 12.2. The molecule has 1 aromatic rings. The van der Waals surface area contributed by atoms with Crippen LogP contribution in [0, 0.1) is 0 Å². The van der Waals surface area contributed by atoms with Gasteiger partial charge in [-0.2, -0.15) is 11.8 Å². The maximum Gasteiger partial charge on any atom is 0.255 e. The molecule has 1 aromatic carbocycles. The molecule has 1 amide bonds. The Bertz CT molecular complexity index is 398. The van der Waals surface area contributed by atoms with E-state index in [-0.39, 0.29) is 17.7 Å². The number of carbonyl (C=O) groups excluding carboxylic acids is 1. The van der Waals surface area contributed by atoms with E-state index in [1.807, 2.05) is 13.2 Å². The number of benzene rings is 1. The molecule has 0 heterocycles. The van der Waals surface area contributed by atoms with Gasteiger partial charge in [0, 0.05) is 16.3 Å². The van der Waals surface area contributed by atoms with Gasteiger partial charge in [-0.25, -0.2) is 0 Å². The minimum Gasteiger partial charge on any atom is -0.507 e. The number of phenols is 1. The van der Waals surface area contributed by atoms with Crippen molar-refractivity contribution < 1.29 is 9.90 Å². The first kappa shape index (κ1) is 14.4. The second kappa shape index (κ2) is 6.91. The molecule has 1 atom stereocenters. The van der Waals surface area contributed by atoms with Gasteiger partial charge in [-0.3, -0.25) is 4.79 Å². The zero-order valence-electron chi connectivity index (χ0n) is 9.87. The highest BCUT2D eigenvalue weighted by Gasteiger charge is 2.14. The van der Waals surface area contributed by atoms with Crippen molar-refractivity contribution in [3.8, 4) is 5.75 Å². The van der Waals surface area contributed by atoms with Crippen LogP contribution in [0.15, 0.2) is 22.7 Å². The molecule has 0 fully saturated rings. The molecule has 2 N–H and O–H groups in total. The molecule has 0 bridgehead atoms. The second-order valence-electron chi connectivity index (χ2n) is 3.70. The minimum atomic E-state index is -0.226. The lowest BCUT2D eigenvalue weighted by molar-refractivity contribution is 0.0937. The van der Waals surface area contributed by atoms with Crippen molar-refractivity contribution in [2.24, 2.45) is 0 Å². The van der Waals surface area contributed by atoms with Crippen LogP contribution < -0.4 is 5.32 Å². The van der Waals surface area contributed by atoms with Crippen LogP contribution >= 0.6 is 27.7 Å². The van der Waals surface area contributed by atoms with Gasteiger partial charge in [0.1, 0.15) is 5.75 Å². The van der Waals surface area contributed by atoms with Crippen LogP contribution in [0.1, 0.15) is 23.7 Å². The summed E-state index contributed by atoms with van der Waals surface area (Å²) in [6, 6.07) is 5.01. The smallest absolute Gasteiger partial charge is 0.255 e. The third-order valence-electron chi connectivity index (χ3n) is 2.40. The fourth-order valence-electron chi connectivity index (χ4n) is 1.42. The van der Waals surface area contributed by atoms with Gasteiger partial charge >= 0.3 is 0 Å². The third-order valence-corrected chi connectivity index (χ3v) is 3.63. The Morgan fingerprint density at radius 1 is 1.59 bits per heavy atom. The summed E-state index contributed by atoms with van der Waals surface area (Å²) in [5.74, 6) is 0.645. The van der Waals surface area contributed by atoms with E-state index in [4.69, 9.17) is 0 Å². The van der Waals surface area contributed by atoms with Crippen molar-refractivity contribution in [3.05, 3.63) is 28.2 Å². The van der Waals surface area contributed by atoms with Crippen LogP contribution in [0.4, 0.5) is 0 Å². The first-order chi connectivity index (χ1) is 8.08. The number of rotatable bonds is 5. The molecule has 0 spiro atoms. The maximum absolute atomic E-state index is 11.9. The highest BCUT2D eigenvalue weighted by Crippen LogP contribution is 2.22. The van der Waals surface area contributed by atoms with Crippen molar-refractivity contribution in [2.75, 3.05) is 12.0 Å². The number of hydrogen-bond acceptors (Lipinski definition) is 3. The molecular weight excluding hydrogens is 302 g/mol. The number of amides is 1. The Labute approximate surface area is 114 Å². The van der Waals surface area contributed by atoms with E-state index in [2.05, 4.69) is 21.2 Å². The molecule has 0 aromatic heterocycles. The highest BCUT2D eigenvalue weighted by molar-refractivity contribution is 9.10. The van der Waals surface area contributed by atoms with Gasteiger partial charge in [0.25, 0.3) is 5.91 Å². The monoisotopic (exact) mass is 317 g/mol. The van der Waals surface area contributed by atoms with E-state index in [0.717, 1.165) is 16.6 Å². The lowest BCUT2D eigenvalue weighted by Crippen LogP contribution is -2.36. The fraction of sp³-hybridized carbons (Fsp3) is 0.417. The predicted molar refractivity (Wildman–Crippen MR) is 75.7 cm³/mol. The zero-order chi connectivity index (χ0) is 12.8. The Morgan fingerprint density at radius 2 is 2.29 bits per heavy atom. The van der Waals surface area contributed by atoms with Gasteiger partial charge < -0.3 is 10.4 Å². The molecular formula is C12H16BrNO2S. The van der Waals surface area contributed by atoms with Crippen LogP contribution in [0.2, 0.25) is 0 Å². The van der Waals surface area contributed by atoms with Crippen molar-refractivity contribution in [1.29, 1.82) is 0 Å². The third kappa shape index (κ3) is 4.24. The zero-order valence-corrected chi connectivity index (χ0v) is 12.3. The number of carbonyl (C=O) groups is 1. The number of thioether (sulfide) groups is 1. The quantitative estimate of drug-likeness (QED) is 0.877. The average Bonchev–Trinajstić information content (AvgIpc) is 2.28. The van der Waals surface area contributed by atoms with Crippen molar-refractivity contribution >= 4 is 33.6 Å². The molecule has 0 radical (unpaired) electrons. The van der Waals surface area contributed by atoms with Crippen molar-refractivity contribution in [2.45, 2.75) is 19.4 Å². The molecule has 17 heavy (non-hydrogen) atoms. The molecule has 3 nitrogen and oxygen atoms in total. The van der Waals surface area contributed by atoms with Crippen LogP contribution in [0.3, 0.4) is 0 Å². The Hall–Kier alpha value is -0.680. The Kier molecular flexibility index (Phi) is 5.85. The number of hydrogen-bond donors (Lipinski definition) is 2. The van der Waals surface area contributed by atoms with Gasteiger partial charge in [-0.15, -0.1) is 0 Å². The van der Waals surface area contributed by atoms with Crippen LogP contribution in [-0.4, -0.2) is 29.1 Å². The highest BCUT2D eigenvalue weighted by atomic mass is 79.9. The molecule has 0 aliphatic heterocycles. The molecule has 0 saturated carbocycles. The van der Waals surface area contributed by atoms with E-state index in [9.17, 15) is 9.90 Å². The molecule has 1 rings (SSSR count). The van der Waals surface area contributed by atoms with Crippen LogP contribution in [0.25, 0.3) is 0 Å². The summed E-state index contributed by atoms with van der Waals surface area (Å²) in [6.07, 6.45) is 2.88. The van der Waals surface area contributed by atoms with Gasteiger partial charge in [-0.05, 0) is 30.9 Å².